The highest BCUT2D eigenvalue weighted by Crippen LogP contribution is 2.35. The second kappa shape index (κ2) is 9.41. The van der Waals surface area contributed by atoms with E-state index in [-0.39, 0.29) is 5.41 Å². The van der Waals surface area contributed by atoms with Crippen LogP contribution < -0.4 is 0 Å². The third-order valence-electron chi connectivity index (χ3n) is 5.82. The number of carboxylic acids is 2. The molecule has 2 unspecified atom stereocenters. The van der Waals surface area contributed by atoms with Crippen molar-refractivity contribution in [3.63, 3.8) is 0 Å². The van der Waals surface area contributed by atoms with E-state index in [1.54, 1.807) is 6.20 Å². The lowest BCUT2D eigenvalue weighted by Crippen LogP contribution is -2.34. The fraction of sp³-hybridized carbons (Fsp3) is 0.480. The maximum absolute atomic E-state index is 12.1. The Morgan fingerprint density at radius 2 is 1.47 bits per heavy atom. The van der Waals surface area contributed by atoms with Gasteiger partial charge >= 0.3 is 11.9 Å². The normalized spacial score (nSPS) is 14.2. The topological polar surface area (TPSA) is 87.5 Å². The van der Waals surface area contributed by atoms with Gasteiger partial charge in [-0.2, -0.15) is 0 Å². The van der Waals surface area contributed by atoms with Crippen molar-refractivity contribution >= 4 is 11.9 Å². The summed E-state index contributed by atoms with van der Waals surface area (Å²) < 4.78 is 0. The first-order chi connectivity index (χ1) is 13.9. The molecule has 1 aromatic carbocycles. The Morgan fingerprint density at radius 1 is 0.867 bits per heavy atom. The molecule has 5 heteroatoms. The highest BCUT2D eigenvalue weighted by molar-refractivity contribution is 5.72. The first kappa shape index (κ1) is 23.6. The first-order valence-electron chi connectivity index (χ1n) is 10.3. The molecule has 0 aliphatic rings. The predicted molar refractivity (Wildman–Crippen MR) is 117 cm³/mol. The van der Waals surface area contributed by atoms with Gasteiger partial charge in [0.1, 0.15) is 0 Å². The summed E-state index contributed by atoms with van der Waals surface area (Å²) in [5, 5.41) is 19.5. The highest BCUT2D eigenvalue weighted by Gasteiger charge is 2.36. The summed E-state index contributed by atoms with van der Waals surface area (Å²) in [6.07, 6.45) is 3.07. The zero-order chi connectivity index (χ0) is 22.5. The van der Waals surface area contributed by atoms with Gasteiger partial charge in [0, 0.05) is 18.3 Å². The number of aliphatic carboxylic acids is 2. The number of benzene rings is 1. The van der Waals surface area contributed by atoms with E-state index in [0.717, 1.165) is 16.8 Å². The van der Waals surface area contributed by atoms with Gasteiger partial charge in [0.05, 0.1) is 11.8 Å². The number of nitrogens with zero attached hydrogens (tertiary/aromatic N) is 1. The first-order valence-corrected chi connectivity index (χ1v) is 10.3. The van der Waals surface area contributed by atoms with Gasteiger partial charge in [-0.05, 0) is 46.9 Å². The van der Waals surface area contributed by atoms with Crippen molar-refractivity contribution < 1.29 is 19.8 Å². The molecule has 1 heterocycles. The summed E-state index contributed by atoms with van der Waals surface area (Å²) in [4.78, 5) is 28.1. The molecule has 1 aromatic heterocycles. The molecule has 0 radical (unpaired) electrons. The van der Waals surface area contributed by atoms with Gasteiger partial charge < -0.3 is 10.2 Å². The Hall–Kier alpha value is -2.69. The summed E-state index contributed by atoms with van der Waals surface area (Å²) in [5.74, 6) is -2.73. The number of carboxylic acid groups (broad SMARTS) is 2. The van der Waals surface area contributed by atoms with Gasteiger partial charge in [0.15, 0.2) is 0 Å². The van der Waals surface area contributed by atoms with Crippen molar-refractivity contribution in [2.75, 3.05) is 0 Å². The minimum atomic E-state index is -0.830. The SMILES string of the molecule is CC(C)(C)C(Cc1cc(CC(C)(C)C(Cc2ccccc2)C(=O)O)ccn1)C(=O)O. The summed E-state index contributed by atoms with van der Waals surface area (Å²) in [5.41, 5.74) is 1.83. The molecule has 2 atom stereocenters. The molecule has 0 spiro atoms. The van der Waals surface area contributed by atoms with E-state index in [9.17, 15) is 19.8 Å². The maximum atomic E-state index is 12.1. The molecule has 0 bridgehead atoms. The average Bonchev–Trinajstić information content (AvgIpc) is 2.63. The molecule has 2 rings (SSSR count). The van der Waals surface area contributed by atoms with Crippen molar-refractivity contribution in [1.29, 1.82) is 0 Å². The summed E-state index contributed by atoms with van der Waals surface area (Å²) in [6, 6.07) is 13.5. The Bertz CT molecular complexity index is 868. The molecular weight excluding hydrogens is 378 g/mol. The van der Waals surface area contributed by atoms with Crippen LogP contribution >= 0.6 is 0 Å². The summed E-state index contributed by atoms with van der Waals surface area (Å²) >= 11 is 0. The van der Waals surface area contributed by atoms with Crippen LogP contribution in [-0.4, -0.2) is 27.1 Å². The zero-order valence-electron chi connectivity index (χ0n) is 18.6. The van der Waals surface area contributed by atoms with Crippen LogP contribution in [0.4, 0.5) is 0 Å². The van der Waals surface area contributed by atoms with Crippen molar-refractivity contribution in [3.05, 3.63) is 65.5 Å². The van der Waals surface area contributed by atoms with E-state index < -0.39 is 29.2 Å². The standard InChI is InChI=1S/C25H33NO4/c1-24(2,3)20(22(27)28)15-19-13-18(11-12-26-19)16-25(4,5)21(23(29)30)14-17-9-7-6-8-10-17/h6-13,20-21H,14-16H2,1-5H3,(H,27,28)(H,29,30). The molecule has 0 saturated heterocycles. The lowest BCUT2D eigenvalue weighted by molar-refractivity contribution is -0.146. The minimum absolute atomic E-state index is 0.347. The van der Waals surface area contributed by atoms with E-state index in [2.05, 4.69) is 4.98 Å². The van der Waals surface area contributed by atoms with Gasteiger partial charge in [-0.15, -0.1) is 0 Å². The molecule has 2 aromatic rings. The molecule has 0 aliphatic heterocycles. The van der Waals surface area contributed by atoms with Crippen LogP contribution in [0.25, 0.3) is 0 Å². The number of aromatic nitrogens is 1. The monoisotopic (exact) mass is 411 g/mol. The highest BCUT2D eigenvalue weighted by atomic mass is 16.4. The Morgan fingerprint density at radius 3 is 2.00 bits per heavy atom. The van der Waals surface area contributed by atoms with Gasteiger partial charge in [0.25, 0.3) is 0 Å². The maximum Gasteiger partial charge on any atom is 0.307 e. The molecular formula is C25H33NO4. The van der Waals surface area contributed by atoms with Crippen LogP contribution in [0.1, 0.15) is 51.4 Å². The second-order valence-electron chi connectivity index (χ2n) is 9.86. The Labute approximate surface area is 179 Å². The van der Waals surface area contributed by atoms with Crippen molar-refractivity contribution in [1.82, 2.24) is 4.98 Å². The predicted octanol–water partition coefficient (Wildman–Crippen LogP) is 4.88. The van der Waals surface area contributed by atoms with Gasteiger partial charge in [-0.25, -0.2) is 0 Å². The van der Waals surface area contributed by atoms with E-state index in [4.69, 9.17) is 0 Å². The molecule has 5 nitrogen and oxygen atoms in total. The molecule has 0 aliphatic carbocycles. The largest absolute Gasteiger partial charge is 0.481 e. The smallest absolute Gasteiger partial charge is 0.307 e. The van der Waals surface area contributed by atoms with Crippen LogP contribution in [0, 0.1) is 22.7 Å². The number of rotatable bonds is 9. The second-order valence-corrected chi connectivity index (χ2v) is 9.86. The quantitative estimate of drug-likeness (QED) is 0.614. The van der Waals surface area contributed by atoms with E-state index in [0.29, 0.717) is 19.3 Å². The summed E-state index contributed by atoms with van der Waals surface area (Å²) in [7, 11) is 0. The van der Waals surface area contributed by atoms with Crippen LogP contribution in [0.5, 0.6) is 0 Å². The van der Waals surface area contributed by atoms with E-state index in [1.165, 1.54) is 0 Å². The Kier molecular flexibility index (Phi) is 7.40. The lowest BCUT2D eigenvalue weighted by atomic mass is 9.71. The minimum Gasteiger partial charge on any atom is -0.481 e. The molecule has 0 amide bonds. The van der Waals surface area contributed by atoms with E-state index >= 15 is 0 Å². The van der Waals surface area contributed by atoms with Crippen molar-refractivity contribution in [3.8, 4) is 0 Å². The molecule has 0 saturated carbocycles. The summed E-state index contributed by atoms with van der Waals surface area (Å²) in [6.45, 7) is 9.70. The van der Waals surface area contributed by atoms with Gasteiger partial charge in [-0.1, -0.05) is 65.0 Å². The molecule has 2 N–H and O–H groups in total. The van der Waals surface area contributed by atoms with Gasteiger partial charge in [0.2, 0.25) is 0 Å². The molecule has 0 fully saturated rings. The zero-order valence-corrected chi connectivity index (χ0v) is 18.6. The van der Waals surface area contributed by atoms with Crippen LogP contribution in [-0.2, 0) is 28.9 Å². The average molecular weight is 412 g/mol. The van der Waals surface area contributed by atoms with Crippen LogP contribution in [0.3, 0.4) is 0 Å². The third kappa shape index (κ3) is 6.41. The van der Waals surface area contributed by atoms with E-state index in [1.807, 2.05) is 77.1 Å². The van der Waals surface area contributed by atoms with Crippen molar-refractivity contribution in [2.24, 2.45) is 22.7 Å². The van der Waals surface area contributed by atoms with Crippen molar-refractivity contribution in [2.45, 2.75) is 53.9 Å². The number of carbonyl (C=O) groups is 2. The van der Waals surface area contributed by atoms with Crippen LogP contribution in [0.15, 0.2) is 48.7 Å². The number of hydrogen-bond donors (Lipinski definition) is 2. The molecule has 30 heavy (non-hydrogen) atoms. The Balaban J connectivity index is 2.22. The number of hydrogen-bond acceptors (Lipinski definition) is 3. The fourth-order valence-corrected chi connectivity index (χ4v) is 3.92. The fourth-order valence-electron chi connectivity index (χ4n) is 3.92. The van der Waals surface area contributed by atoms with Crippen LogP contribution in [0.2, 0.25) is 0 Å². The lowest BCUT2D eigenvalue weighted by Gasteiger charge is -2.32. The number of pyridine rings is 1. The third-order valence-corrected chi connectivity index (χ3v) is 5.82. The molecule has 162 valence electrons. The van der Waals surface area contributed by atoms with Gasteiger partial charge in [-0.3, -0.25) is 14.6 Å².